The van der Waals surface area contributed by atoms with E-state index in [4.69, 9.17) is 11.6 Å². The monoisotopic (exact) mass is 315 g/mol. The van der Waals surface area contributed by atoms with Crippen LogP contribution in [0.4, 0.5) is 0 Å². The third kappa shape index (κ3) is 2.70. The molecule has 0 fully saturated rings. The van der Waals surface area contributed by atoms with Crippen LogP contribution in [0.1, 0.15) is 15.4 Å². The van der Waals surface area contributed by atoms with E-state index in [1.165, 1.54) is 11.3 Å². The summed E-state index contributed by atoms with van der Waals surface area (Å²) in [7, 11) is 0. The standard InChI is InChI=1S/C11H7BrClNOS/c12-7-4-8(16-6-7)5-10(15)11-9(13)2-1-3-14-11/h1-4,6H,5H2. The van der Waals surface area contributed by atoms with Gasteiger partial charge in [0.2, 0.25) is 0 Å². The van der Waals surface area contributed by atoms with E-state index in [0.29, 0.717) is 17.1 Å². The topological polar surface area (TPSA) is 30.0 Å². The zero-order valence-electron chi connectivity index (χ0n) is 8.11. The number of ketones is 1. The van der Waals surface area contributed by atoms with Crippen LogP contribution in [0.5, 0.6) is 0 Å². The maximum atomic E-state index is 11.9. The molecule has 0 aromatic carbocycles. The lowest BCUT2D eigenvalue weighted by Gasteiger charge is -2.00. The van der Waals surface area contributed by atoms with E-state index in [1.54, 1.807) is 18.3 Å². The van der Waals surface area contributed by atoms with Gasteiger partial charge in [-0.25, -0.2) is 0 Å². The first-order valence-electron chi connectivity index (χ1n) is 4.53. The van der Waals surface area contributed by atoms with Crippen molar-refractivity contribution < 1.29 is 4.79 Å². The number of carbonyl (C=O) groups is 1. The minimum Gasteiger partial charge on any atom is -0.292 e. The molecule has 2 heterocycles. The summed E-state index contributed by atoms with van der Waals surface area (Å²) in [5.74, 6) is -0.0556. The van der Waals surface area contributed by atoms with Crippen LogP contribution in [-0.2, 0) is 6.42 Å². The Morgan fingerprint density at radius 1 is 1.56 bits per heavy atom. The number of halogens is 2. The fraction of sp³-hybridized carbons (Fsp3) is 0.0909. The number of hydrogen-bond donors (Lipinski definition) is 0. The summed E-state index contributed by atoms with van der Waals surface area (Å²) >= 11 is 10.8. The Balaban J connectivity index is 2.18. The van der Waals surface area contributed by atoms with Gasteiger partial charge in [0, 0.05) is 27.3 Å². The fourth-order valence-electron chi connectivity index (χ4n) is 1.28. The first kappa shape index (κ1) is 11.8. The Hall–Kier alpha value is -0.710. The molecule has 0 atom stereocenters. The van der Waals surface area contributed by atoms with Crippen LogP contribution in [-0.4, -0.2) is 10.8 Å². The van der Waals surface area contributed by atoms with Crippen LogP contribution in [0, 0.1) is 0 Å². The summed E-state index contributed by atoms with van der Waals surface area (Å²) in [6.45, 7) is 0. The molecule has 0 aliphatic rings. The molecule has 0 saturated carbocycles. The molecular formula is C11H7BrClNOS. The average molecular weight is 317 g/mol. The molecule has 0 unspecified atom stereocenters. The summed E-state index contributed by atoms with van der Waals surface area (Å²) in [5, 5.41) is 2.35. The first-order chi connectivity index (χ1) is 7.66. The SMILES string of the molecule is O=C(Cc1cc(Br)cs1)c1ncccc1Cl. The van der Waals surface area contributed by atoms with Crippen molar-refractivity contribution in [2.24, 2.45) is 0 Å². The number of Topliss-reactive ketones (excluding diaryl/α,β-unsaturated/α-hetero) is 1. The predicted molar refractivity (Wildman–Crippen MR) is 69.3 cm³/mol. The van der Waals surface area contributed by atoms with Gasteiger partial charge in [-0.2, -0.15) is 0 Å². The molecule has 0 aliphatic carbocycles. The van der Waals surface area contributed by atoms with Crippen LogP contribution < -0.4 is 0 Å². The third-order valence-corrected chi connectivity index (χ3v) is 3.98. The highest BCUT2D eigenvalue weighted by Gasteiger charge is 2.13. The van der Waals surface area contributed by atoms with Crippen LogP contribution >= 0.6 is 38.9 Å². The number of thiophene rings is 1. The molecule has 0 saturated heterocycles. The lowest BCUT2D eigenvalue weighted by molar-refractivity contribution is 0.0989. The van der Waals surface area contributed by atoms with Gasteiger partial charge >= 0.3 is 0 Å². The summed E-state index contributed by atoms with van der Waals surface area (Å²) in [6, 6.07) is 5.31. The molecule has 0 spiro atoms. The zero-order chi connectivity index (χ0) is 11.5. The molecule has 2 rings (SSSR count). The van der Waals surface area contributed by atoms with E-state index in [0.717, 1.165) is 9.35 Å². The van der Waals surface area contributed by atoms with Crippen LogP contribution in [0.25, 0.3) is 0 Å². The van der Waals surface area contributed by atoms with Crippen LogP contribution in [0.15, 0.2) is 34.2 Å². The first-order valence-corrected chi connectivity index (χ1v) is 6.58. The summed E-state index contributed by atoms with van der Waals surface area (Å²) in [4.78, 5) is 16.9. The van der Waals surface area contributed by atoms with Crippen molar-refractivity contribution in [2.75, 3.05) is 0 Å². The average Bonchev–Trinajstić information content (AvgIpc) is 2.64. The predicted octanol–water partition coefficient (Wildman–Crippen LogP) is 3.98. The summed E-state index contributed by atoms with van der Waals surface area (Å²) in [5.41, 5.74) is 0.341. The molecule has 5 heteroatoms. The smallest absolute Gasteiger partial charge is 0.187 e. The second kappa shape index (κ2) is 5.08. The van der Waals surface area contributed by atoms with Gasteiger partial charge in [-0.05, 0) is 34.1 Å². The molecule has 0 amide bonds. The van der Waals surface area contributed by atoms with E-state index in [9.17, 15) is 4.79 Å². The van der Waals surface area contributed by atoms with Crippen LogP contribution in [0.3, 0.4) is 0 Å². The molecule has 2 aromatic rings. The largest absolute Gasteiger partial charge is 0.292 e. The minimum absolute atomic E-state index is 0.0556. The zero-order valence-corrected chi connectivity index (χ0v) is 11.3. The van der Waals surface area contributed by atoms with Crippen molar-refractivity contribution in [1.82, 2.24) is 4.98 Å². The van der Waals surface area contributed by atoms with E-state index in [2.05, 4.69) is 20.9 Å². The minimum atomic E-state index is -0.0556. The molecule has 2 nitrogen and oxygen atoms in total. The van der Waals surface area contributed by atoms with E-state index >= 15 is 0 Å². The van der Waals surface area contributed by atoms with Gasteiger partial charge in [-0.1, -0.05) is 11.6 Å². The molecular weight excluding hydrogens is 310 g/mol. The number of nitrogens with zero attached hydrogens (tertiary/aromatic N) is 1. The van der Waals surface area contributed by atoms with E-state index < -0.39 is 0 Å². The van der Waals surface area contributed by atoms with Gasteiger partial charge in [0.25, 0.3) is 0 Å². The highest BCUT2D eigenvalue weighted by Crippen LogP contribution is 2.22. The molecule has 0 N–H and O–H groups in total. The van der Waals surface area contributed by atoms with E-state index in [-0.39, 0.29) is 5.78 Å². The Morgan fingerprint density at radius 2 is 2.38 bits per heavy atom. The second-order valence-corrected chi connectivity index (χ2v) is 5.48. The Kier molecular flexibility index (Phi) is 3.74. The lowest BCUT2D eigenvalue weighted by atomic mass is 10.2. The number of carbonyl (C=O) groups excluding carboxylic acids is 1. The highest BCUT2D eigenvalue weighted by molar-refractivity contribution is 9.10. The number of hydrogen-bond acceptors (Lipinski definition) is 3. The van der Waals surface area contributed by atoms with Crippen molar-refractivity contribution in [2.45, 2.75) is 6.42 Å². The van der Waals surface area contributed by atoms with E-state index in [1.807, 2.05) is 11.4 Å². The van der Waals surface area contributed by atoms with Crippen molar-refractivity contribution in [3.05, 3.63) is 49.8 Å². The van der Waals surface area contributed by atoms with Crippen molar-refractivity contribution in [3.63, 3.8) is 0 Å². The third-order valence-electron chi connectivity index (χ3n) is 1.98. The molecule has 0 bridgehead atoms. The summed E-state index contributed by atoms with van der Waals surface area (Å²) in [6.07, 6.45) is 1.91. The number of rotatable bonds is 3. The van der Waals surface area contributed by atoms with Crippen LogP contribution in [0.2, 0.25) is 5.02 Å². The fourth-order valence-corrected chi connectivity index (χ4v) is 2.96. The van der Waals surface area contributed by atoms with Gasteiger partial charge in [-0.15, -0.1) is 11.3 Å². The maximum absolute atomic E-state index is 11.9. The van der Waals surface area contributed by atoms with Crippen molar-refractivity contribution in [1.29, 1.82) is 0 Å². The molecule has 82 valence electrons. The highest BCUT2D eigenvalue weighted by atomic mass is 79.9. The second-order valence-electron chi connectivity index (χ2n) is 3.17. The maximum Gasteiger partial charge on any atom is 0.187 e. The number of pyridine rings is 1. The van der Waals surface area contributed by atoms with Crippen molar-refractivity contribution in [3.8, 4) is 0 Å². The Morgan fingerprint density at radius 3 is 3.00 bits per heavy atom. The Labute approximate surface area is 110 Å². The molecule has 0 radical (unpaired) electrons. The Bertz CT molecular complexity index is 526. The number of aromatic nitrogens is 1. The normalized spacial score (nSPS) is 10.4. The van der Waals surface area contributed by atoms with Gasteiger partial charge in [-0.3, -0.25) is 9.78 Å². The lowest BCUT2D eigenvalue weighted by Crippen LogP contribution is -2.05. The van der Waals surface area contributed by atoms with Gasteiger partial charge in [0.15, 0.2) is 5.78 Å². The summed E-state index contributed by atoms with van der Waals surface area (Å²) < 4.78 is 0.993. The molecule has 16 heavy (non-hydrogen) atoms. The van der Waals surface area contributed by atoms with Crippen molar-refractivity contribution >= 4 is 44.7 Å². The van der Waals surface area contributed by atoms with Gasteiger partial charge in [0.05, 0.1) is 5.02 Å². The molecule has 0 aliphatic heterocycles. The van der Waals surface area contributed by atoms with Gasteiger partial charge < -0.3 is 0 Å². The van der Waals surface area contributed by atoms with Gasteiger partial charge in [0.1, 0.15) is 5.69 Å². The molecule has 2 aromatic heterocycles. The quantitative estimate of drug-likeness (QED) is 0.802.